The third kappa shape index (κ3) is 6.00. The molecule has 0 aromatic rings. The summed E-state index contributed by atoms with van der Waals surface area (Å²) in [5, 5.41) is 0.272. The van der Waals surface area contributed by atoms with E-state index < -0.39 is 8.27 Å². The summed E-state index contributed by atoms with van der Waals surface area (Å²) in [6, 6.07) is 0. The Labute approximate surface area is 82.7 Å². The Bertz CT molecular complexity index is 123. The summed E-state index contributed by atoms with van der Waals surface area (Å²) in [5.74, 6) is 0. The van der Waals surface area contributed by atoms with Crippen molar-refractivity contribution >= 4 is 19.3 Å². The zero-order valence-electron chi connectivity index (χ0n) is 8.82. The van der Waals surface area contributed by atoms with Crippen LogP contribution < -0.4 is 4.98 Å². The number of nitrogens with one attached hydrogen (secondary N) is 1. The van der Waals surface area contributed by atoms with Gasteiger partial charge in [-0.2, -0.15) is 0 Å². The number of halogens is 1. The molecule has 74 valence electrons. The van der Waals surface area contributed by atoms with Crippen LogP contribution in [0.4, 0.5) is 0 Å². The van der Waals surface area contributed by atoms with Crippen LogP contribution in [0, 0.1) is 0 Å². The van der Waals surface area contributed by atoms with Gasteiger partial charge >= 0.3 is 0 Å². The van der Waals surface area contributed by atoms with Gasteiger partial charge in [-0.25, -0.2) is 0 Å². The van der Waals surface area contributed by atoms with Crippen LogP contribution in [0.15, 0.2) is 0 Å². The average molecular weight is 209 g/mol. The van der Waals surface area contributed by atoms with Crippen LogP contribution in [0.3, 0.4) is 0 Å². The first kappa shape index (κ1) is 12.4. The molecule has 0 spiro atoms. The summed E-state index contributed by atoms with van der Waals surface area (Å²) >= 11 is 6.25. The second-order valence-corrected chi connectivity index (χ2v) is 8.66. The highest BCUT2D eigenvalue weighted by atomic mass is 35.6. The normalized spacial score (nSPS) is 15.2. The van der Waals surface area contributed by atoms with E-state index in [1.807, 2.05) is 0 Å². The molecule has 0 bridgehead atoms. The maximum absolute atomic E-state index is 6.25. The van der Waals surface area contributed by atoms with Gasteiger partial charge in [-0.1, -0.05) is 20.8 Å². The van der Waals surface area contributed by atoms with E-state index in [4.69, 9.17) is 11.1 Å². The fourth-order valence-electron chi connectivity index (χ4n) is 0.721. The van der Waals surface area contributed by atoms with Crippen LogP contribution in [-0.4, -0.2) is 40.4 Å². The molecule has 2 nitrogen and oxygen atoms in total. The van der Waals surface area contributed by atoms with Crippen molar-refractivity contribution in [3.8, 4) is 0 Å². The van der Waals surface area contributed by atoms with E-state index in [2.05, 4.69) is 44.7 Å². The lowest BCUT2D eigenvalue weighted by Gasteiger charge is -2.24. The summed E-state index contributed by atoms with van der Waals surface area (Å²) < 4.78 is 0. The van der Waals surface area contributed by atoms with Crippen molar-refractivity contribution in [3.63, 3.8) is 0 Å². The van der Waals surface area contributed by atoms with Gasteiger partial charge < -0.3 is 9.88 Å². The van der Waals surface area contributed by atoms with Gasteiger partial charge in [0.05, 0.1) is 0 Å². The minimum Gasteiger partial charge on any atom is -0.326 e. The van der Waals surface area contributed by atoms with Crippen LogP contribution in [-0.2, 0) is 0 Å². The summed E-state index contributed by atoms with van der Waals surface area (Å²) in [6.07, 6.45) is 0. The quantitative estimate of drug-likeness (QED) is 0.555. The highest BCUT2D eigenvalue weighted by molar-refractivity contribution is 7.07. The lowest BCUT2D eigenvalue weighted by atomic mass is 10.3. The lowest BCUT2D eigenvalue weighted by Crippen LogP contribution is -2.40. The highest BCUT2D eigenvalue weighted by Gasteiger charge is 2.23. The van der Waals surface area contributed by atoms with Crippen LogP contribution >= 0.6 is 11.1 Å². The Morgan fingerprint density at radius 3 is 2.17 bits per heavy atom. The smallest absolute Gasteiger partial charge is 0.216 e. The van der Waals surface area contributed by atoms with Crippen LogP contribution in [0.5, 0.6) is 0 Å². The topological polar surface area (TPSA) is 15.3 Å². The van der Waals surface area contributed by atoms with E-state index in [0.29, 0.717) is 0 Å². The molecule has 1 unspecified atom stereocenters. The van der Waals surface area contributed by atoms with Crippen LogP contribution in [0.1, 0.15) is 20.8 Å². The predicted octanol–water partition coefficient (Wildman–Crippen LogP) is 1.40. The molecule has 0 aromatic heterocycles. The van der Waals surface area contributed by atoms with Gasteiger partial charge in [-0.05, 0) is 19.1 Å². The second-order valence-electron chi connectivity index (χ2n) is 4.49. The first-order chi connectivity index (χ1) is 5.34. The van der Waals surface area contributed by atoms with Crippen molar-refractivity contribution in [2.75, 3.05) is 27.2 Å². The Morgan fingerprint density at radius 1 is 1.33 bits per heavy atom. The molecule has 0 rings (SSSR count). The van der Waals surface area contributed by atoms with Gasteiger partial charge in [0.25, 0.3) is 0 Å². The largest absolute Gasteiger partial charge is 0.326 e. The summed E-state index contributed by atoms with van der Waals surface area (Å²) in [5.41, 5.74) is 0. The molecule has 0 saturated heterocycles. The maximum Gasteiger partial charge on any atom is 0.216 e. The fourth-order valence-corrected chi connectivity index (χ4v) is 2.04. The first-order valence-electron chi connectivity index (χ1n) is 4.36. The van der Waals surface area contributed by atoms with Crippen molar-refractivity contribution in [1.29, 1.82) is 0 Å². The van der Waals surface area contributed by atoms with Gasteiger partial charge in [0.1, 0.15) is 0 Å². The van der Waals surface area contributed by atoms with Gasteiger partial charge in [0.15, 0.2) is 0 Å². The first-order valence-corrected chi connectivity index (χ1v) is 7.26. The standard InChI is InChI=1S/C8H21ClN2Si/c1-8(2,3)12(9)10-6-7-11(4)5/h10,12H,6-7H2,1-5H3. The maximum atomic E-state index is 6.25. The third-order valence-corrected chi connectivity index (χ3v) is 6.24. The Morgan fingerprint density at radius 2 is 1.83 bits per heavy atom. The number of hydrogen-bond donors (Lipinski definition) is 1. The van der Waals surface area contributed by atoms with E-state index in [1.165, 1.54) is 0 Å². The molecule has 0 aromatic carbocycles. The summed E-state index contributed by atoms with van der Waals surface area (Å²) in [6.45, 7) is 8.65. The Balaban J connectivity index is 3.51. The van der Waals surface area contributed by atoms with Gasteiger partial charge in [-0.15, -0.1) is 11.1 Å². The number of rotatable bonds is 4. The molecule has 1 N–H and O–H groups in total. The van der Waals surface area contributed by atoms with E-state index in [9.17, 15) is 0 Å². The van der Waals surface area contributed by atoms with Crippen molar-refractivity contribution in [3.05, 3.63) is 0 Å². The third-order valence-electron chi connectivity index (χ3n) is 1.64. The zero-order chi connectivity index (χ0) is 9.78. The SMILES string of the molecule is CN(C)CCN[SiH](Cl)C(C)(C)C. The molecular weight excluding hydrogens is 188 g/mol. The van der Waals surface area contributed by atoms with Crippen LogP contribution in [0.2, 0.25) is 5.04 Å². The molecule has 0 fully saturated rings. The van der Waals surface area contributed by atoms with Gasteiger partial charge in [0.2, 0.25) is 8.27 Å². The summed E-state index contributed by atoms with van der Waals surface area (Å²) in [7, 11) is 2.89. The average Bonchev–Trinajstić information content (AvgIpc) is 1.84. The molecule has 0 amide bonds. The lowest BCUT2D eigenvalue weighted by molar-refractivity contribution is 0.413. The molecule has 0 heterocycles. The molecule has 0 aliphatic carbocycles. The predicted molar refractivity (Wildman–Crippen MR) is 59.3 cm³/mol. The van der Waals surface area contributed by atoms with Crippen LogP contribution in [0.25, 0.3) is 0 Å². The van der Waals surface area contributed by atoms with Gasteiger partial charge in [0, 0.05) is 13.1 Å². The molecule has 0 aliphatic rings. The molecule has 1 atom stereocenters. The molecule has 12 heavy (non-hydrogen) atoms. The number of likely N-dealkylation sites (N-methyl/N-ethyl adjacent to an activating group) is 1. The molecule has 0 radical (unpaired) electrons. The second kappa shape index (κ2) is 5.22. The Kier molecular flexibility index (Phi) is 5.41. The zero-order valence-corrected chi connectivity index (χ0v) is 10.7. The number of nitrogens with zero attached hydrogens (tertiary/aromatic N) is 1. The molecular formula is C8H21ClN2Si. The van der Waals surface area contributed by atoms with Gasteiger partial charge in [-0.3, -0.25) is 0 Å². The molecule has 4 heteroatoms. The monoisotopic (exact) mass is 208 g/mol. The van der Waals surface area contributed by atoms with E-state index >= 15 is 0 Å². The minimum absolute atomic E-state index is 0.272. The van der Waals surface area contributed by atoms with Crippen molar-refractivity contribution in [2.24, 2.45) is 0 Å². The summed E-state index contributed by atoms with van der Waals surface area (Å²) in [4.78, 5) is 5.58. The van der Waals surface area contributed by atoms with Crippen molar-refractivity contribution in [2.45, 2.75) is 25.8 Å². The van der Waals surface area contributed by atoms with Crippen molar-refractivity contribution in [1.82, 2.24) is 9.88 Å². The molecule has 0 aliphatic heterocycles. The highest BCUT2D eigenvalue weighted by Crippen LogP contribution is 2.26. The van der Waals surface area contributed by atoms with E-state index in [0.717, 1.165) is 13.1 Å². The van der Waals surface area contributed by atoms with E-state index in [-0.39, 0.29) is 5.04 Å². The fraction of sp³-hybridized carbons (Fsp3) is 1.00. The number of hydrogen-bond acceptors (Lipinski definition) is 2. The van der Waals surface area contributed by atoms with Crippen molar-refractivity contribution < 1.29 is 0 Å². The van der Waals surface area contributed by atoms with E-state index in [1.54, 1.807) is 0 Å². The minimum atomic E-state index is -1.25. The Hall–Kier alpha value is 0.427. The molecule has 0 saturated carbocycles.